The maximum Gasteiger partial charge on any atom is 0.159 e. The second-order valence-corrected chi connectivity index (χ2v) is 5.05. The van der Waals surface area contributed by atoms with Gasteiger partial charge in [-0.2, -0.15) is 4.68 Å². The van der Waals surface area contributed by atoms with Gasteiger partial charge in [-0.3, -0.25) is 0 Å². The molecule has 0 aliphatic rings. The Labute approximate surface area is 129 Å². The van der Waals surface area contributed by atoms with Crippen molar-refractivity contribution in [1.82, 2.24) is 24.7 Å². The standard InChI is InChI=1S/C17H17N5/c1-4-15-11-17(19-12(2)18-15)22-16(20-13(3)21-22)10-14-8-6-5-7-9-14/h4-9,11H,1,10H2,2-3H3. The van der Waals surface area contributed by atoms with E-state index in [1.165, 1.54) is 5.56 Å². The van der Waals surface area contributed by atoms with Crippen molar-refractivity contribution < 1.29 is 0 Å². The number of aromatic nitrogens is 5. The van der Waals surface area contributed by atoms with Gasteiger partial charge in [-0.15, -0.1) is 5.10 Å². The van der Waals surface area contributed by atoms with Crippen LogP contribution >= 0.6 is 0 Å². The van der Waals surface area contributed by atoms with Gasteiger partial charge in [0.1, 0.15) is 17.5 Å². The first-order valence-corrected chi connectivity index (χ1v) is 7.10. The molecule has 0 N–H and O–H groups in total. The molecule has 0 saturated carbocycles. The number of hydrogen-bond acceptors (Lipinski definition) is 4. The molecule has 0 radical (unpaired) electrons. The Hall–Kier alpha value is -2.82. The lowest BCUT2D eigenvalue weighted by atomic mass is 10.1. The van der Waals surface area contributed by atoms with Gasteiger partial charge in [0.2, 0.25) is 0 Å². The van der Waals surface area contributed by atoms with Crippen LogP contribution in [0.25, 0.3) is 11.9 Å². The minimum atomic E-state index is 0.686. The molecule has 2 aromatic heterocycles. The zero-order valence-corrected chi connectivity index (χ0v) is 12.7. The summed E-state index contributed by atoms with van der Waals surface area (Å²) in [7, 11) is 0. The molecule has 1 aromatic carbocycles. The van der Waals surface area contributed by atoms with Crippen molar-refractivity contribution in [2.45, 2.75) is 20.3 Å². The summed E-state index contributed by atoms with van der Waals surface area (Å²) in [6, 6.07) is 12.1. The van der Waals surface area contributed by atoms with Gasteiger partial charge in [0.15, 0.2) is 5.82 Å². The van der Waals surface area contributed by atoms with Gasteiger partial charge in [0.05, 0.1) is 5.69 Å². The molecule has 0 fully saturated rings. The molecule has 0 spiro atoms. The van der Waals surface area contributed by atoms with E-state index in [1.54, 1.807) is 10.8 Å². The first-order chi connectivity index (χ1) is 10.7. The Morgan fingerprint density at radius 2 is 1.82 bits per heavy atom. The van der Waals surface area contributed by atoms with Crippen LogP contribution in [0.1, 0.15) is 28.7 Å². The van der Waals surface area contributed by atoms with E-state index in [9.17, 15) is 0 Å². The molecule has 5 heteroatoms. The maximum absolute atomic E-state index is 4.53. The predicted molar refractivity (Wildman–Crippen MR) is 85.8 cm³/mol. The van der Waals surface area contributed by atoms with Crippen molar-refractivity contribution >= 4 is 6.08 Å². The van der Waals surface area contributed by atoms with E-state index in [2.05, 4.69) is 38.8 Å². The first kappa shape index (κ1) is 14.1. The minimum Gasteiger partial charge on any atom is -0.234 e. The van der Waals surface area contributed by atoms with Gasteiger partial charge >= 0.3 is 0 Å². The molecule has 3 aromatic rings. The van der Waals surface area contributed by atoms with Gasteiger partial charge in [0.25, 0.3) is 0 Å². The third kappa shape index (κ3) is 2.93. The van der Waals surface area contributed by atoms with Crippen LogP contribution in [0.3, 0.4) is 0 Å². The lowest BCUT2D eigenvalue weighted by Crippen LogP contribution is -2.08. The highest BCUT2D eigenvalue weighted by atomic mass is 15.4. The Bertz CT molecular complexity index is 805. The summed E-state index contributed by atoms with van der Waals surface area (Å²) in [6.07, 6.45) is 2.41. The van der Waals surface area contributed by atoms with Crippen LogP contribution in [0.15, 0.2) is 43.0 Å². The third-order valence-corrected chi connectivity index (χ3v) is 3.26. The van der Waals surface area contributed by atoms with Crippen LogP contribution in [-0.4, -0.2) is 24.7 Å². The summed E-state index contributed by atoms with van der Waals surface area (Å²) in [5.74, 6) is 2.99. The van der Waals surface area contributed by atoms with E-state index in [0.717, 1.165) is 17.3 Å². The second-order valence-electron chi connectivity index (χ2n) is 5.05. The molecule has 0 atom stereocenters. The fraction of sp³-hybridized carbons (Fsp3) is 0.176. The number of rotatable bonds is 4. The number of hydrogen-bond donors (Lipinski definition) is 0. The molecular formula is C17H17N5. The monoisotopic (exact) mass is 291 g/mol. The zero-order chi connectivity index (χ0) is 15.5. The Kier molecular flexibility index (Phi) is 3.78. The van der Waals surface area contributed by atoms with Gasteiger partial charge < -0.3 is 0 Å². The van der Waals surface area contributed by atoms with Crippen LogP contribution < -0.4 is 0 Å². The molecule has 0 aliphatic heterocycles. The van der Waals surface area contributed by atoms with Crippen LogP contribution in [0.4, 0.5) is 0 Å². The van der Waals surface area contributed by atoms with Crippen molar-refractivity contribution in [1.29, 1.82) is 0 Å². The van der Waals surface area contributed by atoms with Crippen LogP contribution in [0.5, 0.6) is 0 Å². The van der Waals surface area contributed by atoms with E-state index in [4.69, 9.17) is 0 Å². The summed E-state index contributed by atoms with van der Waals surface area (Å²) < 4.78 is 1.78. The highest BCUT2D eigenvalue weighted by Crippen LogP contribution is 2.13. The van der Waals surface area contributed by atoms with E-state index in [0.29, 0.717) is 18.1 Å². The quantitative estimate of drug-likeness (QED) is 0.741. The fourth-order valence-corrected chi connectivity index (χ4v) is 2.32. The molecule has 110 valence electrons. The Balaban J connectivity index is 2.04. The van der Waals surface area contributed by atoms with E-state index >= 15 is 0 Å². The lowest BCUT2D eigenvalue weighted by Gasteiger charge is -2.07. The summed E-state index contributed by atoms with van der Waals surface area (Å²) in [4.78, 5) is 13.3. The average molecular weight is 291 g/mol. The molecule has 3 rings (SSSR count). The molecular weight excluding hydrogens is 274 g/mol. The molecule has 5 nitrogen and oxygen atoms in total. The molecule has 0 amide bonds. The highest BCUT2D eigenvalue weighted by Gasteiger charge is 2.12. The molecule has 22 heavy (non-hydrogen) atoms. The predicted octanol–water partition coefficient (Wildman–Crippen LogP) is 2.91. The number of nitrogens with zero attached hydrogens (tertiary/aromatic N) is 5. The van der Waals surface area contributed by atoms with E-state index in [-0.39, 0.29) is 0 Å². The molecule has 2 heterocycles. The second kappa shape index (κ2) is 5.89. The van der Waals surface area contributed by atoms with Gasteiger partial charge in [-0.1, -0.05) is 36.9 Å². The molecule has 0 unspecified atom stereocenters. The summed E-state index contributed by atoms with van der Waals surface area (Å²) in [5, 5.41) is 4.47. The van der Waals surface area contributed by atoms with Gasteiger partial charge in [-0.05, 0) is 25.5 Å². The van der Waals surface area contributed by atoms with Crippen molar-refractivity contribution in [3.63, 3.8) is 0 Å². The fourth-order valence-electron chi connectivity index (χ4n) is 2.32. The summed E-state index contributed by atoms with van der Waals surface area (Å²) in [6.45, 7) is 7.51. The Morgan fingerprint density at radius 3 is 2.55 bits per heavy atom. The first-order valence-electron chi connectivity index (χ1n) is 7.10. The highest BCUT2D eigenvalue weighted by molar-refractivity contribution is 5.45. The van der Waals surface area contributed by atoms with E-state index < -0.39 is 0 Å². The number of aryl methyl sites for hydroxylation is 2. The SMILES string of the molecule is C=Cc1cc(-n2nc(C)nc2Cc2ccccc2)nc(C)n1. The third-order valence-electron chi connectivity index (χ3n) is 3.26. The van der Waals surface area contributed by atoms with Crippen LogP contribution in [0, 0.1) is 13.8 Å². The normalized spacial score (nSPS) is 10.6. The summed E-state index contributed by atoms with van der Waals surface area (Å²) >= 11 is 0. The van der Waals surface area contributed by atoms with Crippen molar-refractivity contribution in [3.05, 3.63) is 71.7 Å². The zero-order valence-electron chi connectivity index (χ0n) is 12.7. The van der Waals surface area contributed by atoms with Crippen LogP contribution in [-0.2, 0) is 6.42 Å². The van der Waals surface area contributed by atoms with Crippen LogP contribution in [0.2, 0.25) is 0 Å². The van der Waals surface area contributed by atoms with Gasteiger partial charge in [-0.25, -0.2) is 15.0 Å². The van der Waals surface area contributed by atoms with Gasteiger partial charge in [0, 0.05) is 12.5 Å². The van der Waals surface area contributed by atoms with Crippen molar-refractivity contribution in [3.8, 4) is 5.82 Å². The summed E-state index contributed by atoms with van der Waals surface area (Å²) in [5.41, 5.74) is 1.96. The average Bonchev–Trinajstić information content (AvgIpc) is 2.88. The maximum atomic E-state index is 4.53. The van der Waals surface area contributed by atoms with Crippen molar-refractivity contribution in [2.75, 3.05) is 0 Å². The Morgan fingerprint density at radius 1 is 1.05 bits per heavy atom. The lowest BCUT2D eigenvalue weighted by molar-refractivity contribution is 0.771. The number of benzene rings is 1. The van der Waals surface area contributed by atoms with E-state index in [1.807, 2.05) is 38.1 Å². The molecule has 0 bridgehead atoms. The smallest absolute Gasteiger partial charge is 0.159 e. The molecule has 0 aliphatic carbocycles. The minimum absolute atomic E-state index is 0.686. The largest absolute Gasteiger partial charge is 0.234 e. The molecule has 0 saturated heterocycles. The van der Waals surface area contributed by atoms with Crippen molar-refractivity contribution in [2.24, 2.45) is 0 Å². The topological polar surface area (TPSA) is 56.5 Å².